The number of rotatable bonds is 3. The van der Waals surface area contributed by atoms with E-state index in [0.717, 1.165) is 25.7 Å². The number of esters is 1. The average molecular weight is 271 g/mol. The minimum Gasteiger partial charge on any atom is -0.469 e. The Balaban J connectivity index is 2.52. The fourth-order valence-electron chi connectivity index (χ4n) is 2.40. The third kappa shape index (κ3) is 5.94. The molecule has 0 aromatic carbocycles. The van der Waals surface area contributed by atoms with E-state index in [2.05, 4.69) is 5.32 Å². The Labute approximate surface area is 115 Å². The molecule has 1 N–H and O–H groups in total. The van der Waals surface area contributed by atoms with Gasteiger partial charge in [0.15, 0.2) is 0 Å². The van der Waals surface area contributed by atoms with Crippen LogP contribution < -0.4 is 5.32 Å². The van der Waals surface area contributed by atoms with Gasteiger partial charge in [-0.1, -0.05) is 12.8 Å². The minimum absolute atomic E-state index is 0.00250. The highest BCUT2D eigenvalue weighted by Crippen LogP contribution is 2.27. The van der Waals surface area contributed by atoms with Crippen LogP contribution >= 0.6 is 0 Å². The summed E-state index contributed by atoms with van der Waals surface area (Å²) in [7, 11) is 1.39. The number of methoxy groups -OCH3 is 1. The Kier molecular flexibility index (Phi) is 5.63. The molecule has 1 rings (SSSR count). The zero-order chi connectivity index (χ0) is 14.5. The Hall–Kier alpha value is -1.26. The van der Waals surface area contributed by atoms with Crippen LogP contribution in [0.1, 0.15) is 52.9 Å². The molecule has 0 heterocycles. The summed E-state index contributed by atoms with van der Waals surface area (Å²) < 4.78 is 9.96. The van der Waals surface area contributed by atoms with Crippen molar-refractivity contribution in [1.29, 1.82) is 0 Å². The van der Waals surface area contributed by atoms with Crippen LogP contribution in [0.25, 0.3) is 0 Å². The normalized spacial score (nSPS) is 23.6. The maximum absolute atomic E-state index is 11.8. The summed E-state index contributed by atoms with van der Waals surface area (Å²) in [6, 6.07) is 0.00250. The lowest BCUT2D eigenvalue weighted by Gasteiger charge is -2.32. The molecule has 1 saturated carbocycles. The first kappa shape index (κ1) is 15.8. The van der Waals surface area contributed by atoms with Crippen molar-refractivity contribution in [2.24, 2.45) is 5.92 Å². The summed E-state index contributed by atoms with van der Waals surface area (Å²) >= 11 is 0. The van der Waals surface area contributed by atoms with Gasteiger partial charge in [-0.2, -0.15) is 0 Å². The Morgan fingerprint density at radius 3 is 2.42 bits per heavy atom. The molecule has 0 radical (unpaired) electrons. The lowest BCUT2D eigenvalue weighted by Crippen LogP contribution is -2.45. The van der Waals surface area contributed by atoms with Gasteiger partial charge in [-0.3, -0.25) is 4.79 Å². The molecule has 0 spiro atoms. The van der Waals surface area contributed by atoms with Crippen molar-refractivity contribution < 1.29 is 19.1 Å². The molecule has 19 heavy (non-hydrogen) atoms. The molecule has 5 nitrogen and oxygen atoms in total. The number of alkyl carbamates (subject to hydrolysis) is 1. The van der Waals surface area contributed by atoms with Crippen molar-refractivity contribution in [1.82, 2.24) is 5.32 Å². The van der Waals surface area contributed by atoms with Crippen molar-refractivity contribution in [3.63, 3.8) is 0 Å². The van der Waals surface area contributed by atoms with Gasteiger partial charge in [-0.15, -0.1) is 0 Å². The molecule has 0 saturated heterocycles. The van der Waals surface area contributed by atoms with Crippen molar-refractivity contribution in [3.8, 4) is 0 Å². The smallest absolute Gasteiger partial charge is 0.407 e. The Bertz CT molecular complexity index is 322. The summed E-state index contributed by atoms with van der Waals surface area (Å²) in [6.07, 6.45) is 3.94. The molecule has 0 aromatic rings. The molecule has 1 fully saturated rings. The first-order chi connectivity index (χ1) is 8.81. The zero-order valence-corrected chi connectivity index (χ0v) is 12.3. The summed E-state index contributed by atoms with van der Waals surface area (Å²) in [5.74, 6) is -0.0726. The van der Waals surface area contributed by atoms with Crippen LogP contribution in [0, 0.1) is 5.92 Å². The molecule has 110 valence electrons. The van der Waals surface area contributed by atoms with E-state index in [1.54, 1.807) is 0 Å². The Morgan fingerprint density at radius 1 is 1.21 bits per heavy atom. The van der Waals surface area contributed by atoms with Crippen LogP contribution in [0.5, 0.6) is 0 Å². The zero-order valence-electron chi connectivity index (χ0n) is 12.3. The number of nitrogens with one attached hydrogen (secondary N) is 1. The van der Waals surface area contributed by atoms with Crippen LogP contribution in [0.15, 0.2) is 0 Å². The number of carbonyl (C=O) groups is 2. The monoisotopic (exact) mass is 271 g/mol. The second kappa shape index (κ2) is 6.78. The van der Waals surface area contributed by atoms with E-state index in [1.807, 2.05) is 20.8 Å². The first-order valence-electron chi connectivity index (χ1n) is 6.88. The fourth-order valence-corrected chi connectivity index (χ4v) is 2.40. The molecule has 1 amide bonds. The summed E-state index contributed by atoms with van der Waals surface area (Å²) in [5.41, 5.74) is -0.503. The second-order valence-electron chi connectivity index (χ2n) is 6.08. The maximum Gasteiger partial charge on any atom is 0.407 e. The van der Waals surface area contributed by atoms with Gasteiger partial charge in [0.25, 0.3) is 0 Å². The molecule has 0 bridgehead atoms. The molecule has 0 aromatic heterocycles. The lowest BCUT2D eigenvalue weighted by molar-refractivity contribution is -0.142. The molecule has 1 aliphatic rings. The molecule has 1 aliphatic carbocycles. The molecule has 2 atom stereocenters. The number of amides is 1. The van der Waals surface area contributed by atoms with E-state index in [9.17, 15) is 9.59 Å². The standard InChI is InChI=1S/C14H25NO4/c1-14(2,3)19-13(17)15-11-8-6-5-7-10(11)9-12(16)18-4/h10-11H,5-9H2,1-4H3,(H,15,17)/t10-,11+/m0/s1. The predicted octanol–water partition coefficient (Wildman–Crippen LogP) is 2.63. The third-order valence-electron chi connectivity index (χ3n) is 3.27. The Morgan fingerprint density at radius 2 is 1.84 bits per heavy atom. The first-order valence-corrected chi connectivity index (χ1v) is 6.88. The number of hydrogen-bond acceptors (Lipinski definition) is 4. The summed E-state index contributed by atoms with van der Waals surface area (Å²) in [5, 5.41) is 2.89. The van der Waals surface area contributed by atoms with E-state index >= 15 is 0 Å². The number of carbonyl (C=O) groups excluding carboxylic acids is 2. The fraction of sp³-hybridized carbons (Fsp3) is 0.857. The highest BCUT2D eigenvalue weighted by molar-refractivity contribution is 5.70. The van der Waals surface area contributed by atoms with Crippen molar-refractivity contribution in [2.75, 3.05) is 7.11 Å². The van der Waals surface area contributed by atoms with Crippen LogP contribution in [-0.2, 0) is 14.3 Å². The van der Waals surface area contributed by atoms with E-state index < -0.39 is 11.7 Å². The molecule has 0 aliphatic heterocycles. The van der Waals surface area contributed by atoms with Gasteiger partial charge in [0.05, 0.1) is 13.5 Å². The molecule has 5 heteroatoms. The quantitative estimate of drug-likeness (QED) is 0.801. The highest BCUT2D eigenvalue weighted by Gasteiger charge is 2.30. The minimum atomic E-state index is -0.503. The summed E-state index contributed by atoms with van der Waals surface area (Å²) in [4.78, 5) is 23.2. The lowest BCUT2D eigenvalue weighted by atomic mass is 9.82. The van der Waals surface area contributed by atoms with Gasteiger partial charge in [0, 0.05) is 6.04 Å². The number of hydrogen-bond donors (Lipinski definition) is 1. The van der Waals surface area contributed by atoms with E-state index in [0.29, 0.717) is 6.42 Å². The van der Waals surface area contributed by atoms with E-state index in [4.69, 9.17) is 9.47 Å². The maximum atomic E-state index is 11.8. The van der Waals surface area contributed by atoms with Crippen molar-refractivity contribution >= 4 is 12.1 Å². The largest absolute Gasteiger partial charge is 0.469 e. The predicted molar refractivity (Wildman–Crippen MR) is 71.7 cm³/mol. The molecule has 0 unspecified atom stereocenters. The van der Waals surface area contributed by atoms with Crippen LogP contribution in [0.3, 0.4) is 0 Å². The number of ether oxygens (including phenoxy) is 2. The van der Waals surface area contributed by atoms with Gasteiger partial charge in [0.2, 0.25) is 0 Å². The molecular formula is C14H25NO4. The van der Waals surface area contributed by atoms with Crippen molar-refractivity contribution in [3.05, 3.63) is 0 Å². The second-order valence-corrected chi connectivity index (χ2v) is 6.08. The van der Waals surface area contributed by atoms with E-state index in [-0.39, 0.29) is 17.9 Å². The highest BCUT2D eigenvalue weighted by atomic mass is 16.6. The van der Waals surface area contributed by atoms with Crippen LogP contribution in [0.2, 0.25) is 0 Å². The SMILES string of the molecule is COC(=O)C[C@@H]1CCCC[C@H]1NC(=O)OC(C)(C)C. The third-order valence-corrected chi connectivity index (χ3v) is 3.27. The van der Waals surface area contributed by atoms with Gasteiger partial charge >= 0.3 is 12.1 Å². The van der Waals surface area contributed by atoms with Crippen molar-refractivity contribution in [2.45, 2.75) is 64.5 Å². The molecular weight excluding hydrogens is 246 g/mol. The average Bonchev–Trinajstić information content (AvgIpc) is 2.29. The van der Waals surface area contributed by atoms with Gasteiger partial charge < -0.3 is 14.8 Å². The van der Waals surface area contributed by atoms with Crippen LogP contribution in [-0.4, -0.2) is 30.8 Å². The van der Waals surface area contributed by atoms with Gasteiger partial charge in [-0.05, 0) is 39.5 Å². The topological polar surface area (TPSA) is 64.6 Å². The van der Waals surface area contributed by atoms with Gasteiger partial charge in [0.1, 0.15) is 5.60 Å². The van der Waals surface area contributed by atoms with Crippen LogP contribution in [0.4, 0.5) is 4.79 Å². The summed E-state index contributed by atoms with van der Waals surface area (Å²) in [6.45, 7) is 5.50. The van der Waals surface area contributed by atoms with E-state index in [1.165, 1.54) is 7.11 Å². The van der Waals surface area contributed by atoms with Gasteiger partial charge in [-0.25, -0.2) is 4.79 Å².